The van der Waals surface area contributed by atoms with Gasteiger partial charge in [-0.05, 0) is 16.7 Å². The lowest BCUT2D eigenvalue weighted by Crippen LogP contribution is -2.13. The Balaban J connectivity index is 2.80. The van der Waals surface area contributed by atoms with Crippen LogP contribution in [0.15, 0.2) is 0 Å². The third kappa shape index (κ3) is 1.23. The maximum atomic E-state index is 10.8. The van der Waals surface area contributed by atoms with Gasteiger partial charge >= 0.3 is 5.97 Å². The van der Waals surface area contributed by atoms with Gasteiger partial charge in [0.15, 0.2) is 0 Å². The second kappa shape index (κ2) is 2.24. The largest absolute Gasteiger partial charge is 0.481 e. The number of hydrogen-bond donors (Lipinski definition) is 1. The zero-order valence-electron chi connectivity index (χ0n) is 8.51. The van der Waals surface area contributed by atoms with E-state index in [0.29, 0.717) is 5.92 Å². The second-order valence-electron chi connectivity index (χ2n) is 5.48. The Morgan fingerprint density at radius 2 is 1.75 bits per heavy atom. The lowest BCUT2D eigenvalue weighted by atomic mass is 9.85. The molecule has 1 aliphatic carbocycles. The standard InChI is InChI=1S/C10H18O2/c1-9(2,3)7-6(8(11)12)10(7,4)5/h6-7H,1-5H3,(H,11,12)/t6-,7-/m0/s1. The van der Waals surface area contributed by atoms with Gasteiger partial charge in [-0.25, -0.2) is 0 Å². The van der Waals surface area contributed by atoms with Gasteiger partial charge in [-0.2, -0.15) is 0 Å². The van der Waals surface area contributed by atoms with E-state index in [4.69, 9.17) is 5.11 Å². The Hall–Kier alpha value is -0.530. The molecule has 0 saturated heterocycles. The quantitative estimate of drug-likeness (QED) is 0.656. The van der Waals surface area contributed by atoms with Crippen molar-refractivity contribution in [3.63, 3.8) is 0 Å². The smallest absolute Gasteiger partial charge is 0.307 e. The SMILES string of the molecule is CC(C)(C)[C@@H]1[C@@H](C(=O)O)C1(C)C. The minimum Gasteiger partial charge on any atom is -0.481 e. The summed E-state index contributed by atoms with van der Waals surface area (Å²) in [5.41, 5.74) is 0.108. The number of carbonyl (C=O) groups is 1. The van der Waals surface area contributed by atoms with E-state index in [2.05, 4.69) is 20.8 Å². The molecule has 2 atom stereocenters. The van der Waals surface area contributed by atoms with Gasteiger partial charge in [0.2, 0.25) is 0 Å². The highest BCUT2D eigenvalue weighted by molar-refractivity contribution is 5.75. The van der Waals surface area contributed by atoms with Crippen molar-refractivity contribution in [2.75, 3.05) is 0 Å². The number of carboxylic acids is 1. The topological polar surface area (TPSA) is 37.3 Å². The summed E-state index contributed by atoms with van der Waals surface area (Å²) in [4.78, 5) is 10.8. The molecule has 2 nitrogen and oxygen atoms in total. The molecule has 12 heavy (non-hydrogen) atoms. The molecule has 0 unspecified atom stereocenters. The molecule has 1 aliphatic rings. The van der Waals surface area contributed by atoms with Crippen LogP contribution in [0, 0.1) is 22.7 Å². The van der Waals surface area contributed by atoms with E-state index in [0.717, 1.165) is 0 Å². The van der Waals surface area contributed by atoms with Crippen molar-refractivity contribution in [3.8, 4) is 0 Å². The van der Waals surface area contributed by atoms with Crippen LogP contribution in [0.25, 0.3) is 0 Å². The predicted molar refractivity (Wildman–Crippen MR) is 47.9 cm³/mol. The summed E-state index contributed by atoms with van der Waals surface area (Å²) < 4.78 is 0. The molecular weight excluding hydrogens is 152 g/mol. The molecule has 1 saturated carbocycles. The summed E-state index contributed by atoms with van der Waals surface area (Å²) in [5.74, 6) is -0.458. The van der Waals surface area contributed by atoms with E-state index >= 15 is 0 Å². The van der Waals surface area contributed by atoms with Crippen LogP contribution in [0.2, 0.25) is 0 Å². The Morgan fingerprint density at radius 1 is 1.33 bits per heavy atom. The van der Waals surface area contributed by atoms with Gasteiger partial charge in [-0.3, -0.25) is 4.79 Å². The molecule has 0 heterocycles. The van der Waals surface area contributed by atoms with Crippen molar-refractivity contribution in [2.24, 2.45) is 22.7 Å². The molecule has 0 radical (unpaired) electrons. The zero-order chi connectivity index (χ0) is 9.73. The first kappa shape index (κ1) is 9.56. The van der Waals surface area contributed by atoms with Gasteiger partial charge in [-0.15, -0.1) is 0 Å². The number of rotatable bonds is 1. The van der Waals surface area contributed by atoms with E-state index < -0.39 is 5.97 Å². The maximum Gasteiger partial charge on any atom is 0.307 e. The molecule has 0 bridgehead atoms. The van der Waals surface area contributed by atoms with Crippen LogP contribution >= 0.6 is 0 Å². The average molecular weight is 170 g/mol. The Labute approximate surface area is 74.0 Å². The number of aliphatic carboxylic acids is 1. The molecular formula is C10H18O2. The monoisotopic (exact) mass is 170 g/mol. The minimum atomic E-state index is -0.639. The predicted octanol–water partition coefficient (Wildman–Crippen LogP) is 2.39. The van der Waals surface area contributed by atoms with Crippen LogP contribution in [0.3, 0.4) is 0 Å². The van der Waals surface area contributed by atoms with Gasteiger partial charge in [0.25, 0.3) is 0 Å². The van der Waals surface area contributed by atoms with Gasteiger partial charge < -0.3 is 5.11 Å². The Kier molecular flexibility index (Phi) is 1.78. The van der Waals surface area contributed by atoms with Crippen LogP contribution in [0.1, 0.15) is 34.6 Å². The van der Waals surface area contributed by atoms with Crippen molar-refractivity contribution in [3.05, 3.63) is 0 Å². The summed E-state index contributed by atoms with van der Waals surface area (Å²) >= 11 is 0. The molecule has 2 heteroatoms. The summed E-state index contributed by atoms with van der Waals surface area (Å²) in [6.45, 7) is 10.4. The molecule has 0 aromatic heterocycles. The minimum absolute atomic E-state index is 0.00984. The molecule has 1 N–H and O–H groups in total. The van der Waals surface area contributed by atoms with Crippen LogP contribution in [0.5, 0.6) is 0 Å². The lowest BCUT2D eigenvalue weighted by Gasteiger charge is -2.19. The van der Waals surface area contributed by atoms with E-state index in [1.165, 1.54) is 0 Å². The van der Waals surface area contributed by atoms with Crippen LogP contribution < -0.4 is 0 Å². The van der Waals surface area contributed by atoms with Gasteiger partial charge in [-0.1, -0.05) is 34.6 Å². The normalized spacial score (nSPS) is 33.1. The molecule has 70 valence electrons. The van der Waals surface area contributed by atoms with E-state index in [1.807, 2.05) is 13.8 Å². The highest BCUT2D eigenvalue weighted by Gasteiger charge is 2.65. The van der Waals surface area contributed by atoms with Crippen molar-refractivity contribution in [2.45, 2.75) is 34.6 Å². The molecule has 1 fully saturated rings. The molecule has 0 aromatic carbocycles. The van der Waals surface area contributed by atoms with Gasteiger partial charge in [0, 0.05) is 0 Å². The van der Waals surface area contributed by atoms with E-state index in [-0.39, 0.29) is 16.7 Å². The first-order chi connectivity index (χ1) is 5.19. The van der Waals surface area contributed by atoms with E-state index in [9.17, 15) is 4.79 Å². The summed E-state index contributed by atoms with van der Waals surface area (Å²) in [7, 11) is 0. The summed E-state index contributed by atoms with van der Waals surface area (Å²) in [5, 5.41) is 8.92. The summed E-state index contributed by atoms with van der Waals surface area (Å²) in [6.07, 6.45) is 0. The van der Waals surface area contributed by atoms with Crippen molar-refractivity contribution in [1.29, 1.82) is 0 Å². The zero-order valence-corrected chi connectivity index (χ0v) is 8.51. The number of carboxylic acid groups (broad SMARTS) is 1. The van der Waals surface area contributed by atoms with Crippen molar-refractivity contribution < 1.29 is 9.90 Å². The fourth-order valence-corrected chi connectivity index (χ4v) is 2.71. The van der Waals surface area contributed by atoms with Crippen molar-refractivity contribution >= 4 is 5.97 Å². The molecule has 0 amide bonds. The van der Waals surface area contributed by atoms with Crippen LogP contribution in [-0.2, 0) is 4.79 Å². The highest BCUT2D eigenvalue weighted by Crippen LogP contribution is 2.65. The Morgan fingerprint density at radius 3 is 1.83 bits per heavy atom. The lowest BCUT2D eigenvalue weighted by molar-refractivity contribution is -0.139. The first-order valence-corrected chi connectivity index (χ1v) is 4.42. The van der Waals surface area contributed by atoms with Crippen LogP contribution in [0.4, 0.5) is 0 Å². The summed E-state index contributed by atoms with van der Waals surface area (Å²) in [6, 6.07) is 0. The molecule has 0 aromatic rings. The van der Waals surface area contributed by atoms with E-state index in [1.54, 1.807) is 0 Å². The fraction of sp³-hybridized carbons (Fsp3) is 0.900. The highest BCUT2D eigenvalue weighted by atomic mass is 16.4. The second-order valence-corrected chi connectivity index (χ2v) is 5.48. The molecule has 0 spiro atoms. The van der Waals surface area contributed by atoms with Gasteiger partial charge in [0.05, 0.1) is 5.92 Å². The van der Waals surface area contributed by atoms with Gasteiger partial charge in [0.1, 0.15) is 0 Å². The molecule has 1 rings (SSSR count). The first-order valence-electron chi connectivity index (χ1n) is 4.42. The van der Waals surface area contributed by atoms with Crippen molar-refractivity contribution in [1.82, 2.24) is 0 Å². The Bertz CT molecular complexity index is 210. The maximum absolute atomic E-state index is 10.8. The third-order valence-corrected chi connectivity index (χ3v) is 3.03. The third-order valence-electron chi connectivity index (χ3n) is 3.03. The number of hydrogen-bond acceptors (Lipinski definition) is 1. The average Bonchev–Trinajstić information content (AvgIpc) is 2.31. The fourth-order valence-electron chi connectivity index (χ4n) is 2.71. The van der Waals surface area contributed by atoms with Crippen LogP contribution in [-0.4, -0.2) is 11.1 Å². The molecule has 0 aliphatic heterocycles.